The van der Waals surface area contributed by atoms with Crippen LogP contribution in [0.5, 0.6) is 11.5 Å². The molecule has 0 aliphatic heterocycles. The Hall–Kier alpha value is -6.64. The van der Waals surface area contributed by atoms with Gasteiger partial charge in [-0.15, -0.1) is 0 Å². The van der Waals surface area contributed by atoms with Crippen molar-refractivity contribution < 1.29 is 4.74 Å². The molecule has 6 aliphatic rings. The molecule has 0 N–H and O–H groups in total. The van der Waals surface area contributed by atoms with Crippen LogP contribution in [0.1, 0.15) is 68.2 Å². The van der Waals surface area contributed by atoms with Crippen LogP contribution in [-0.4, -0.2) is 0 Å². The average Bonchev–Trinajstić information content (AvgIpc) is 3.74. The van der Waals surface area contributed by atoms with Gasteiger partial charge in [0.1, 0.15) is 11.5 Å². The molecule has 2 heteroatoms. The summed E-state index contributed by atoms with van der Waals surface area (Å²) in [6.07, 6.45) is 6.73. The Kier molecular flexibility index (Phi) is 8.17. The van der Waals surface area contributed by atoms with Crippen LogP contribution in [0.25, 0.3) is 44.5 Å². The van der Waals surface area contributed by atoms with E-state index in [1.54, 1.807) is 0 Å². The van der Waals surface area contributed by atoms with E-state index in [2.05, 4.69) is 207 Å². The first-order valence-corrected chi connectivity index (χ1v) is 23.3. The molecule has 14 rings (SSSR count). The van der Waals surface area contributed by atoms with Crippen molar-refractivity contribution >= 4 is 17.1 Å². The third-order valence-electron chi connectivity index (χ3n) is 16.1. The minimum atomic E-state index is -0.121. The van der Waals surface area contributed by atoms with Crippen molar-refractivity contribution in [1.82, 2.24) is 0 Å². The van der Waals surface area contributed by atoms with Crippen LogP contribution in [0.2, 0.25) is 0 Å². The third-order valence-corrected chi connectivity index (χ3v) is 16.1. The molecule has 8 aromatic carbocycles. The van der Waals surface area contributed by atoms with Gasteiger partial charge in [0.25, 0.3) is 0 Å². The van der Waals surface area contributed by atoms with E-state index < -0.39 is 0 Å². The standard InChI is InChI=1S/C61H51NO/c1-60(2)52-24-13-12-22-49(52)50-31-29-46(38-54(50)60)62(45-18-8-4-9-19-45)56-26-14-23-48(41-16-6-3-7-17-41)58(56)42-28-30-51-55(37-42)61(43-33-39-32-40(35-43)36-44(61)34-39)53-25-15-27-57(59(51)53)63-47-20-10-5-11-21-47/h3-31,37-40,43-44H,32-36H2,1-2H3. The molecule has 0 aromatic heterocycles. The number of nitrogens with zero attached hydrogens (tertiary/aromatic N) is 1. The van der Waals surface area contributed by atoms with E-state index in [1.165, 1.54) is 110 Å². The van der Waals surface area contributed by atoms with Gasteiger partial charge in [0.15, 0.2) is 0 Å². The van der Waals surface area contributed by atoms with E-state index in [0.717, 1.165) is 29.0 Å². The lowest BCUT2D eigenvalue weighted by Gasteiger charge is -2.61. The highest BCUT2D eigenvalue weighted by molar-refractivity contribution is 5.99. The van der Waals surface area contributed by atoms with Gasteiger partial charge in [-0.05, 0) is 166 Å². The number of anilines is 3. The molecule has 4 saturated carbocycles. The maximum Gasteiger partial charge on any atom is 0.135 e. The average molecular weight is 814 g/mol. The minimum Gasteiger partial charge on any atom is -0.457 e. The normalized spacial score (nSPS) is 22.6. The van der Waals surface area contributed by atoms with Gasteiger partial charge in [0, 0.05) is 33.3 Å². The predicted molar refractivity (Wildman–Crippen MR) is 259 cm³/mol. The summed E-state index contributed by atoms with van der Waals surface area (Å²) in [7, 11) is 0. The molecule has 0 saturated heterocycles. The highest BCUT2D eigenvalue weighted by Gasteiger charge is 2.62. The Labute approximate surface area is 371 Å². The minimum absolute atomic E-state index is 0.0360. The Bertz CT molecular complexity index is 3050. The number of para-hydroxylation sites is 2. The molecule has 1 spiro atoms. The second kappa shape index (κ2) is 13.9. The van der Waals surface area contributed by atoms with Crippen LogP contribution in [0.15, 0.2) is 188 Å². The zero-order valence-electron chi connectivity index (χ0n) is 36.1. The molecule has 4 fully saturated rings. The van der Waals surface area contributed by atoms with E-state index in [0.29, 0.717) is 11.8 Å². The van der Waals surface area contributed by atoms with Gasteiger partial charge in [-0.1, -0.05) is 147 Å². The van der Waals surface area contributed by atoms with Crippen molar-refractivity contribution in [3.63, 3.8) is 0 Å². The SMILES string of the molecule is CC1(C)c2ccccc2-c2ccc(N(c3ccccc3)c3cccc(-c4ccccc4)c3-c3ccc4c(c3)C3(c5cccc(Oc6ccccc6)c5-4)C4CC5CC(C4)CC3C5)cc21. The third kappa shape index (κ3) is 5.43. The van der Waals surface area contributed by atoms with Gasteiger partial charge >= 0.3 is 0 Å². The highest BCUT2D eigenvalue weighted by atomic mass is 16.5. The van der Waals surface area contributed by atoms with E-state index >= 15 is 0 Å². The number of hydrogen-bond donors (Lipinski definition) is 0. The fourth-order valence-electron chi connectivity index (χ4n) is 13.8. The van der Waals surface area contributed by atoms with Crippen LogP contribution >= 0.6 is 0 Å². The summed E-state index contributed by atoms with van der Waals surface area (Å²) in [5.41, 5.74) is 19.4. The molecule has 8 aromatic rings. The van der Waals surface area contributed by atoms with Crippen LogP contribution in [-0.2, 0) is 10.8 Å². The first-order valence-electron chi connectivity index (χ1n) is 23.3. The van der Waals surface area contributed by atoms with Crippen molar-refractivity contribution in [2.24, 2.45) is 23.7 Å². The molecule has 6 aliphatic carbocycles. The molecular formula is C61H51NO. The fourth-order valence-corrected chi connectivity index (χ4v) is 13.8. The van der Waals surface area contributed by atoms with E-state index in [4.69, 9.17) is 4.74 Å². The van der Waals surface area contributed by atoms with Gasteiger partial charge in [-0.2, -0.15) is 0 Å². The number of rotatable bonds is 7. The summed E-state index contributed by atoms with van der Waals surface area (Å²) in [5.74, 6) is 4.82. The van der Waals surface area contributed by atoms with E-state index in [9.17, 15) is 0 Å². The van der Waals surface area contributed by atoms with Gasteiger partial charge in [0.05, 0.1) is 5.69 Å². The van der Waals surface area contributed by atoms with Crippen LogP contribution < -0.4 is 9.64 Å². The lowest BCUT2D eigenvalue weighted by molar-refractivity contribution is -0.0399. The summed E-state index contributed by atoms with van der Waals surface area (Å²) in [5, 5.41) is 0. The first-order chi connectivity index (χ1) is 31.0. The Morgan fingerprint density at radius 2 is 1.05 bits per heavy atom. The summed E-state index contributed by atoms with van der Waals surface area (Å²) in [6.45, 7) is 4.77. The zero-order chi connectivity index (χ0) is 41.9. The molecule has 0 radical (unpaired) electrons. The Balaban J connectivity index is 1.05. The number of ether oxygens (including phenoxy) is 1. The summed E-state index contributed by atoms with van der Waals surface area (Å²) in [6, 6.07) is 70.0. The molecule has 0 heterocycles. The quantitative estimate of drug-likeness (QED) is 0.159. The zero-order valence-corrected chi connectivity index (χ0v) is 36.1. The van der Waals surface area contributed by atoms with Gasteiger partial charge < -0.3 is 9.64 Å². The lowest BCUT2D eigenvalue weighted by Crippen LogP contribution is -2.55. The van der Waals surface area contributed by atoms with Crippen molar-refractivity contribution in [3.05, 3.63) is 210 Å². The molecule has 306 valence electrons. The number of benzene rings is 8. The lowest BCUT2D eigenvalue weighted by atomic mass is 9.43. The van der Waals surface area contributed by atoms with Crippen molar-refractivity contribution in [3.8, 4) is 56.0 Å². The Morgan fingerprint density at radius 3 is 1.81 bits per heavy atom. The maximum atomic E-state index is 6.86. The second-order valence-electron chi connectivity index (χ2n) is 19.7. The van der Waals surface area contributed by atoms with E-state index in [-0.39, 0.29) is 10.8 Å². The second-order valence-corrected chi connectivity index (χ2v) is 19.7. The van der Waals surface area contributed by atoms with E-state index in [1.807, 2.05) is 0 Å². The molecule has 0 unspecified atom stereocenters. The predicted octanol–water partition coefficient (Wildman–Crippen LogP) is 16.3. The van der Waals surface area contributed by atoms with Crippen LogP contribution in [0.3, 0.4) is 0 Å². The molecule has 0 atom stereocenters. The van der Waals surface area contributed by atoms with Crippen molar-refractivity contribution in [2.75, 3.05) is 4.90 Å². The summed E-state index contributed by atoms with van der Waals surface area (Å²) in [4.78, 5) is 2.52. The Morgan fingerprint density at radius 1 is 0.429 bits per heavy atom. The molecule has 4 bridgehead atoms. The van der Waals surface area contributed by atoms with Crippen LogP contribution in [0, 0.1) is 23.7 Å². The molecule has 0 amide bonds. The summed E-state index contributed by atoms with van der Waals surface area (Å²) >= 11 is 0. The smallest absolute Gasteiger partial charge is 0.135 e. The topological polar surface area (TPSA) is 12.5 Å². The van der Waals surface area contributed by atoms with Crippen LogP contribution in [0.4, 0.5) is 17.1 Å². The molecule has 63 heavy (non-hydrogen) atoms. The first kappa shape index (κ1) is 37.0. The molecule has 2 nitrogen and oxygen atoms in total. The van der Waals surface area contributed by atoms with Gasteiger partial charge in [-0.25, -0.2) is 0 Å². The largest absolute Gasteiger partial charge is 0.457 e. The van der Waals surface area contributed by atoms with Gasteiger partial charge in [-0.3, -0.25) is 0 Å². The maximum absolute atomic E-state index is 6.86. The summed E-state index contributed by atoms with van der Waals surface area (Å²) < 4.78 is 6.86. The number of fused-ring (bicyclic) bond motifs is 6. The molecular weight excluding hydrogens is 763 g/mol. The highest BCUT2D eigenvalue weighted by Crippen LogP contribution is 2.70. The van der Waals surface area contributed by atoms with Gasteiger partial charge in [0.2, 0.25) is 0 Å². The monoisotopic (exact) mass is 813 g/mol. The van der Waals surface area contributed by atoms with Crippen molar-refractivity contribution in [2.45, 2.75) is 56.8 Å². The number of hydrogen-bond acceptors (Lipinski definition) is 2. The van der Waals surface area contributed by atoms with Crippen molar-refractivity contribution in [1.29, 1.82) is 0 Å². The fraction of sp³-hybridized carbons (Fsp3) is 0.213.